The predicted molar refractivity (Wildman–Crippen MR) is 66.2 cm³/mol. The molecule has 2 amide bonds. The molecule has 5 N–H and O–H groups in total. The summed E-state index contributed by atoms with van der Waals surface area (Å²) in [6, 6.07) is 4.07. The molecule has 0 bridgehead atoms. The van der Waals surface area contributed by atoms with Gasteiger partial charge in [0.05, 0.1) is 11.3 Å². The zero-order valence-electron chi connectivity index (χ0n) is 9.91. The Kier molecular flexibility index (Phi) is 5.10. The van der Waals surface area contributed by atoms with E-state index < -0.39 is 11.7 Å². The second-order valence-corrected chi connectivity index (χ2v) is 3.88. The Hall–Kier alpha value is -2.11. The van der Waals surface area contributed by atoms with Crippen LogP contribution in [0.4, 0.5) is 10.1 Å². The number of carbonyl (C=O) groups excluding carboxylic acids is 2. The number of hydrogen-bond acceptors (Lipinski definition) is 3. The number of benzene rings is 1. The summed E-state index contributed by atoms with van der Waals surface area (Å²) in [7, 11) is 0. The Morgan fingerprint density at radius 2 is 2.00 bits per heavy atom. The fraction of sp³-hybridized carbons (Fsp3) is 0.333. The van der Waals surface area contributed by atoms with Gasteiger partial charge in [-0.15, -0.1) is 0 Å². The second kappa shape index (κ2) is 6.58. The van der Waals surface area contributed by atoms with Gasteiger partial charge in [0, 0.05) is 13.0 Å². The van der Waals surface area contributed by atoms with Crippen LogP contribution < -0.4 is 16.8 Å². The first-order valence-corrected chi connectivity index (χ1v) is 5.63. The van der Waals surface area contributed by atoms with Gasteiger partial charge in [-0.2, -0.15) is 0 Å². The van der Waals surface area contributed by atoms with Crippen LogP contribution in [0.15, 0.2) is 18.2 Å². The minimum absolute atomic E-state index is 0.116. The van der Waals surface area contributed by atoms with Gasteiger partial charge in [0.25, 0.3) is 5.91 Å². The number of unbranched alkanes of at least 4 members (excludes halogenated alkanes) is 1. The lowest BCUT2D eigenvalue weighted by Gasteiger charge is -2.07. The molecule has 0 heterocycles. The maximum absolute atomic E-state index is 13.1. The molecular weight excluding hydrogens is 237 g/mol. The van der Waals surface area contributed by atoms with Crippen LogP contribution in [-0.4, -0.2) is 18.4 Å². The molecule has 0 aliphatic carbocycles. The zero-order chi connectivity index (χ0) is 13.5. The van der Waals surface area contributed by atoms with Gasteiger partial charge in [0.2, 0.25) is 5.91 Å². The van der Waals surface area contributed by atoms with E-state index in [2.05, 4.69) is 5.32 Å². The summed E-state index contributed by atoms with van der Waals surface area (Å²) in [5, 5.41) is 2.60. The van der Waals surface area contributed by atoms with Gasteiger partial charge in [-0.1, -0.05) is 6.07 Å². The molecule has 5 nitrogen and oxygen atoms in total. The van der Waals surface area contributed by atoms with Crippen molar-refractivity contribution in [1.29, 1.82) is 0 Å². The Morgan fingerprint density at radius 3 is 2.67 bits per heavy atom. The van der Waals surface area contributed by atoms with Gasteiger partial charge in [-0.25, -0.2) is 4.39 Å². The summed E-state index contributed by atoms with van der Waals surface area (Å²) >= 11 is 0. The monoisotopic (exact) mass is 253 g/mol. The van der Waals surface area contributed by atoms with Gasteiger partial charge in [0.15, 0.2) is 0 Å². The third-order valence-electron chi connectivity index (χ3n) is 2.43. The van der Waals surface area contributed by atoms with Crippen LogP contribution in [-0.2, 0) is 4.79 Å². The summed E-state index contributed by atoms with van der Waals surface area (Å²) < 4.78 is 13.1. The highest BCUT2D eigenvalue weighted by molar-refractivity contribution is 5.99. The van der Waals surface area contributed by atoms with Crippen LogP contribution in [0.2, 0.25) is 0 Å². The number of hydrogen-bond donors (Lipinski definition) is 3. The highest BCUT2D eigenvalue weighted by Crippen LogP contribution is 2.15. The topological polar surface area (TPSA) is 98.2 Å². The maximum atomic E-state index is 13.1. The van der Waals surface area contributed by atoms with Crippen molar-refractivity contribution in [3.05, 3.63) is 29.6 Å². The predicted octanol–water partition coefficient (Wildman–Crippen LogP) is 0.793. The van der Waals surface area contributed by atoms with E-state index in [-0.39, 0.29) is 23.6 Å². The number of halogens is 1. The number of rotatable bonds is 6. The smallest absolute Gasteiger partial charge is 0.253 e. The van der Waals surface area contributed by atoms with Crippen molar-refractivity contribution in [2.45, 2.75) is 19.3 Å². The molecule has 0 saturated heterocycles. The van der Waals surface area contributed by atoms with Gasteiger partial charge in [-0.3, -0.25) is 9.59 Å². The number of amides is 2. The number of anilines is 1. The van der Waals surface area contributed by atoms with Crippen molar-refractivity contribution < 1.29 is 14.0 Å². The van der Waals surface area contributed by atoms with Crippen molar-refractivity contribution >= 4 is 17.5 Å². The highest BCUT2D eigenvalue weighted by atomic mass is 19.1. The number of primary amides is 1. The molecule has 1 rings (SSSR count). The minimum atomic E-state index is -0.614. The van der Waals surface area contributed by atoms with E-state index in [0.29, 0.717) is 19.4 Å². The van der Waals surface area contributed by atoms with Crippen molar-refractivity contribution in [3.8, 4) is 0 Å². The van der Waals surface area contributed by atoms with Gasteiger partial charge >= 0.3 is 0 Å². The van der Waals surface area contributed by atoms with Crippen LogP contribution in [0.3, 0.4) is 0 Å². The first-order chi connectivity index (χ1) is 8.52. The van der Waals surface area contributed by atoms with Crippen molar-refractivity contribution in [2.24, 2.45) is 5.73 Å². The summed E-state index contributed by atoms with van der Waals surface area (Å²) in [5.74, 6) is -1.40. The van der Waals surface area contributed by atoms with Gasteiger partial charge < -0.3 is 16.8 Å². The van der Waals surface area contributed by atoms with E-state index in [1.165, 1.54) is 18.2 Å². The molecule has 0 spiro atoms. The molecule has 0 radical (unpaired) electrons. The highest BCUT2D eigenvalue weighted by Gasteiger charge is 2.11. The van der Waals surface area contributed by atoms with Crippen LogP contribution >= 0.6 is 0 Å². The normalized spacial score (nSPS) is 10.1. The number of nitrogen functional groups attached to an aromatic ring is 1. The summed E-state index contributed by atoms with van der Waals surface area (Å²) in [5.41, 5.74) is 10.4. The van der Waals surface area contributed by atoms with Gasteiger partial charge in [0.1, 0.15) is 5.82 Å². The fourth-order valence-electron chi connectivity index (χ4n) is 1.46. The third kappa shape index (κ3) is 4.04. The van der Waals surface area contributed by atoms with E-state index in [1.807, 2.05) is 0 Å². The molecule has 1 aromatic rings. The average Bonchev–Trinajstić information content (AvgIpc) is 2.31. The Morgan fingerprint density at radius 1 is 1.28 bits per heavy atom. The standard InChI is InChI=1S/C12H16FN3O2/c13-9-5-3-4-8(11(9)15)12(18)16-7-2-1-6-10(14)17/h3-5H,1-2,6-7,15H2,(H2,14,17)(H,16,18). The van der Waals surface area contributed by atoms with Gasteiger partial charge in [-0.05, 0) is 25.0 Å². The maximum Gasteiger partial charge on any atom is 0.253 e. The van der Waals surface area contributed by atoms with Crippen LogP contribution in [0.25, 0.3) is 0 Å². The molecule has 98 valence electrons. The van der Waals surface area contributed by atoms with Crippen molar-refractivity contribution in [1.82, 2.24) is 5.32 Å². The van der Waals surface area contributed by atoms with E-state index >= 15 is 0 Å². The molecule has 0 aromatic heterocycles. The van der Waals surface area contributed by atoms with E-state index in [9.17, 15) is 14.0 Å². The van der Waals surface area contributed by atoms with Crippen molar-refractivity contribution in [3.63, 3.8) is 0 Å². The lowest BCUT2D eigenvalue weighted by Crippen LogP contribution is -2.25. The second-order valence-electron chi connectivity index (χ2n) is 3.88. The van der Waals surface area contributed by atoms with Crippen LogP contribution in [0.1, 0.15) is 29.6 Å². The number of nitrogens with one attached hydrogen (secondary N) is 1. The van der Waals surface area contributed by atoms with Crippen LogP contribution in [0, 0.1) is 5.82 Å². The molecule has 0 aliphatic rings. The lowest BCUT2D eigenvalue weighted by atomic mass is 10.1. The Labute approximate surface area is 104 Å². The fourth-order valence-corrected chi connectivity index (χ4v) is 1.46. The molecule has 0 fully saturated rings. The summed E-state index contributed by atoms with van der Waals surface area (Å²) in [6.07, 6.45) is 1.52. The largest absolute Gasteiger partial charge is 0.396 e. The molecule has 0 aliphatic heterocycles. The average molecular weight is 253 g/mol. The lowest BCUT2D eigenvalue weighted by molar-refractivity contribution is -0.118. The number of nitrogens with two attached hydrogens (primary N) is 2. The third-order valence-corrected chi connectivity index (χ3v) is 2.43. The van der Waals surface area contributed by atoms with Crippen molar-refractivity contribution in [2.75, 3.05) is 12.3 Å². The van der Waals surface area contributed by atoms with E-state index in [1.54, 1.807) is 0 Å². The summed E-state index contributed by atoms with van der Waals surface area (Å²) in [6.45, 7) is 0.391. The molecule has 6 heteroatoms. The SMILES string of the molecule is NC(=O)CCCCNC(=O)c1cccc(F)c1N. The molecule has 0 saturated carbocycles. The molecule has 0 unspecified atom stereocenters. The summed E-state index contributed by atoms with van der Waals surface area (Å²) in [4.78, 5) is 22.1. The number of carbonyl (C=O) groups is 2. The van der Waals surface area contributed by atoms with E-state index in [4.69, 9.17) is 11.5 Å². The number of para-hydroxylation sites is 1. The zero-order valence-corrected chi connectivity index (χ0v) is 9.91. The first kappa shape index (κ1) is 14.0. The molecule has 1 aromatic carbocycles. The molecule has 18 heavy (non-hydrogen) atoms. The molecule has 0 atom stereocenters. The molecular formula is C12H16FN3O2. The first-order valence-electron chi connectivity index (χ1n) is 5.63. The Bertz CT molecular complexity index is 449. The Balaban J connectivity index is 2.41. The van der Waals surface area contributed by atoms with E-state index in [0.717, 1.165) is 0 Å². The minimum Gasteiger partial charge on any atom is -0.396 e. The van der Waals surface area contributed by atoms with Crippen LogP contribution in [0.5, 0.6) is 0 Å². The quantitative estimate of drug-likeness (QED) is 0.516.